The van der Waals surface area contributed by atoms with Crippen LogP contribution in [0.2, 0.25) is 0 Å². The fourth-order valence-electron chi connectivity index (χ4n) is 2.43. The van der Waals surface area contributed by atoms with Gasteiger partial charge in [0.15, 0.2) is 0 Å². The predicted molar refractivity (Wildman–Crippen MR) is 106 cm³/mol. The Balaban J connectivity index is 3.44. The average Bonchev–Trinajstić information content (AvgIpc) is 2.68. The lowest BCUT2D eigenvalue weighted by Crippen LogP contribution is -2.23. The summed E-state index contributed by atoms with van der Waals surface area (Å²) in [5, 5.41) is 36.7. The smallest absolute Gasteiger partial charge is 0.305 e. The number of carbonyl (C=O) groups excluding carboxylic acids is 1. The first-order chi connectivity index (χ1) is 13.0. The SMILES string of the molecule is CCC(O)C(O)CC=CCC=CCCCCCCCC(=O)OCC(O)CO. The highest BCUT2D eigenvalue weighted by Gasteiger charge is 2.11. The molecule has 0 aromatic rings. The summed E-state index contributed by atoms with van der Waals surface area (Å²) in [6.45, 7) is 1.31. The number of rotatable bonds is 17. The normalized spacial score (nSPS) is 15.3. The third-order valence-electron chi connectivity index (χ3n) is 4.24. The number of aliphatic hydroxyl groups excluding tert-OH is 4. The molecule has 0 aromatic heterocycles. The van der Waals surface area contributed by atoms with E-state index in [2.05, 4.69) is 12.2 Å². The van der Waals surface area contributed by atoms with E-state index in [-0.39, 0.29) is 12.6 Å². The van der Waals surface area contributed by atoms with Crippen LogP contribution in [0.4, 0.5) is 0 Å². The van der Waals surface area contributed by atoms with Crippen molar-refractivity contribution in [1.29, 1.82) is 0 Å². The number of hydrogen-bond donors (Lipinski definition) is 4. The molecule has 0 saturated carbocycles. The molecule has 0 spiro atoms. The van der Waals surface area contributed by atoms with E-state index < -0.39 is 24.9 Å². The minimum atomic E-state index is -0.988. The van der Waals surface area contributed by atoms with Crippen molar-refractivity contribution in [2.75, 3.05) is 13.2 Å². The van der Waals surface area contributed by atoms with Gasteiger partial charge in [-0.25, -0.2) is 0 Å². The average molecular weight is 387 g/mol. The number of esters is 1. The lowest BCUT2D eigenvalue weighted by molar-refractivity contribution is -0.147. The van der Waals surface area contributed by atoms with Crippen molar-refractivity contribution in [1.82, 2.24) is 0 Å². The molecular formula is C21H38O6. The Kier molecular flexibility index (Phi) is 17.4. The number of carbonyl (C=O) groups is 1. The maximum atomic E-state index is 11.4. The zero-order valence-corrected chi connectivity index (χ0v) is 16.6. The first kappa shape index (κ1) is 25.8. The lowest BCUT2D eigenvalue weighted by atomic mass is 10.1. The quantitative estimate of drug-likeness (QED) is 0.174. The molecule has 6 nitrogen and oxygen atoms in total. The summed E-state index contributed by atoms with van der Waals surface area (Å²) < 4.78 is 4.84. The molecule has 158 valence electrons. The van der Waals surface area contributed by atoms with E-state index >= 15 is 0 Å². The Morgan fingerprint density at radius 2 is 1.59 bits per heavy atom. The fraction of sp³-hybridized carbons (Fsp3) is 0.762. The van der Waals surface area contributed by atoms with E-state index in [0.717, 1.165) is 44.9 Å². The van der Waals surface area contributed by atoms with E-state index in [4.69, 9.17) is 14.9 Å². The van der Waals surface area contributed by atoms with Gasteiger partial charge in [-0.15, -0.1) is 0 Å². The van der Waals surface area contributed by atoms with Crippen molar-refractivity contribution in [2.24, 2.45) is 0 Å². The van der Waals surface area contributed by atoms with Gasteiger partial charge in [-0.05, 0) is 38.5 Å². The topological polar surface area (TPSA) is 107 Å². The number of ether oxygens (including phenoxy) is 1. The van der Waals surface area contributed by atoms with Crippen LogP contribution in [0, 0.1) is 0 Å². The molecule has 27 heavy (non-hydrogen) atoms. The molecule has 0 amide bonds. The van der Waals surface area contributed by atoms with Gasteiger partial charge in [0.1, 0.15) is 12.7 Å². The number of allylic oxidation sites excluding steroid dienone is 3. The second-order valence-corrected chi connectivity index (χ2v) is 6.78. The molecule has 6 heteroatoms. The van der Waals surface area contributed by atoms with E-state index in [1.54, 1.807) is 0 Å². The second kappa shape index (κ2) is 18.2. The Morgan fingerprint density at radius 3 is 2.30 bits per heavy atom. The molecule has 4 N–H and O–H groups in total. The van der Waals surface area contributed by atoms with Gasteiger partial charge in [-0.3, -0.25) is 4.79 Å². The first-order valence-corrected chi connectivity index (χ1v) is 10.1. The molecule has 0 bridgehead atoms. The van der Waals surface area contributed by atoms with Crippen LogP contribution < -0.4 is 0 Å². The van der Waals surface area contributed by atoms with Crippen molar-refractivity contribution in [3.63, 3.8) is 0 Å². The number of hydrogen-bond acceptors (Lipinski definition) is 6. The third kappa shape index (κ3) is 16.7. The Bertz CT molecular complexity index is 407. The fourth-order valence-corrected chi connectivity index (χ4v) is 2.43. The molecule has 3 atom stereocenters. The summed E-state index contributed by atoms with van der Waals surface area (Å²) in [5.74, 6) is -0.324. The van der Waals surface area contributed by atoms with E-state index in [1.807, 2.05) is 19.1 Å². The molecule has 0 aliphatic carbocycles. The summed E-state index contributed by atoms with van der Waals surface area (Å²) in [5.41, 5.74) is 0. The maximum absolute atomic E-state index is 11.4. The summed E-state index contributed by atoms with van der Waals surface area (Å²) in [4.78, 5) is 11.4. The summed E-state index contributed by atoms with van der Waals surface area (Å²) in [6.07, 6.45) is 14.2. The van der Waals surface area contributed by atoms with E-state index in [9.17, 15) is 15.0 Å². The minimum Gasteiger partial charge on any atom is -0.463 e. The van der Waals surface area contributed by atoms with Crippen LogP contribution in [0.3, 0.4) is 0 Å². The van der Waals surface area contributed by atoms with Gasteiger partial charge in [0.25, 0.3) is 0 Å². The van der Waals surface area contributed by atoms with E-state index in [1.165, 1.54) is 0 Å². The van der Waals surface area contributed by atoms with Crippen LogP contribution in [0.1, 0.15) is 71.1 Å². The van der Waals surface area contributed by atoms with Gasteiger partial charge < -0.3 is 25.2 Å². The molecule has 0 radical (unpaired) electrons. The van der Waals surface area contributed by atoms with Gasteiger partial charge in [-0.2, -0.15) is 0 Å². The van der Waals surface area contributed by atoms with Crippen LogP contribution in [-0.2, 0) is 9.53 Å². The molecule has 0 heterocycles. The number of aliphatic hydroxyl groups is 4. The van der Waals surface area contributed by atoms with Crippen LogP contribution in [-0.4, -0.2) is 57.9 Å². The highest BCUT2D eigenvalue weighted by atomic mass is 16.5. The Hall–Kier alpha value is -1.21. The standard InChI is InChI=1S/C21H38O6/c1-2-19(24)20(25)14-12-10-8-6-4-3-5-7-9-11-13-15-21(26)27-17-18(23)16-22/h4,6,10,12,18-20,22-25H,2-3,5,7-9,11,13-17H2,1H3. The zero-order valence-electron chi connectivity index (χ0n) is 16.6. The van der Waals surface area contributed by atoms with Crippen molar-refractivity contribution in [3.05, 3.63) is 24.3 Å². The van der Waals surface area contributed by atoms with Crippen LogP contribution in [0.5, 0.6) is 0 Å². The predicted octanol–water partition coefficient (Wildman–Crippen LogP) is 2.64. The van der Waals surface area contributed by atoms with Gasteiger partial charge in [0.05, 0.1) is 18.8 Å². The van der Waals surface area contributed by atoms with Gasteiger partial charge >= 0.3 is 5.97 Å². The van der Waals surface area contributed by atoms with Gasteiger partial charge in [-0.1, -0.05) is 50.5 Å². The zero-order chi connectivity index (χ0) is 20.3. The molecule has 0 saturated heterocycles. The van der Waals surface area contributed by atoms with Crippen molar-refractivity contribution in [3.8, 4) is 0 Å². The van der Waals surface area contributed by atoms with Crippen LogP contribution >= 0.6 is 0 Å². The van der Waals surface area contributed by atoms with Crippen LogP contribution in [0.25, 0.3) is 0 Å². The van der Waals surface area contributed by atoms with Crippen molar-refractivity contribution >= 4 is 5.97 Å². The number of unbranched alkanes of at least 4 members (excludes halogenated alkanes) is 5. The van der Waals surface area contributed by atoms with Gasteiger partial charge in [0.2, 0.25) is 0 Å². The molecule has 3 unspecified atom stereocenters. The maximum Gasteiger partial charge on any atom is 0.305 e. The largest absolute Gasteiger partial charge is 0.463 e. The van der Waals surface area contributed by atoms with Crippen molar-refractivity contribution in [2.45, 2.75) is 89.4 Å². The second-order valence-electron chi connectivity index (χ2n) is 6.78. The summed E-state index contributed by atoms with van der Waals surface area (Å²) in [6, 6.07) is 0. The van der Waals surface area contributed by atoms with Crippen molar-refractivity contribution < 1.29 is 30.0 Å². The highest BCUT2D eigenvalue weighted by molar-refractivity contribution is 5.69. The molecule has 0 aromatic carbocycles. The molecule has 0 fully saturated rings. The highest BCUT2D eigenvalue weighted by Crippen LogP contribution is 2.09. The molecule has 0 aliphatic heterocycles. The molecule has 0 aliphatic rings. The lowest BCUT2D eigenvalue weighted by Gasteiger charge is -2.13. The molecular weight excluding hydrogens is 348 g/mol. The first-order valence-electron chi connectivity index (χ1n) is 10.1. The van der Waals surface area contributed by atoms with E-state index in [0.29, 0.717) is 19.3 Å². The van der Waals surface area contributed by atoms with Gasteiger partial charge in [0, 0.05) is 6.42 Å². The third-order valence-corrected chi connectivity index (χ3v) is 4.24. The minimum absolute atomic E-state index is 0.141. The monoisotopic (exact) mass is 386 g/mol. The summed E-state index contributed by atoms with van der Waals surface area (Å²) >= 11 is 0. The van der Waals surface area contributed by atoms with Crippen LogP contribution in [0.15, 0.2) is 24.3 Å². The Labute approximate surface area is 163 Å². The molecule has 0 rings (SSSR count). The summed E-state index contributed by atoms with van der Waals surface area (Å²) in [7, 11) is 0. The Morgan fingerprint density at radius 1 is 0.926 bits per heavy atom.